The second kappa shape index (κ2) is 7.04. The Labute approximate surface area is 97.0 Å². The fraction of sp³-hybridized carbons (Fsp3) is 0.667. The van der Waals surface area contributed by atoms with Gasteiger partial charge in [-0.15, -0.1) is 0 Å². The minimum absolute atomic E-state index is 0.335. The van der Waals surface area contributed by atoms with E-state index in [2.05, 4.69) is 9.89 Å². The lowest BCUT2D eigenvalue weighted by Crippen LogP contribution is -2.33. The van der Waals surface area contributed by atoms with Gasteiger partial charge in [0.25, 0.3) is 0 Å². The van der Waals surface area contributed by atoms with Gasteiger partial charge in [-0.25, -0.2) is 9.79 Å². The molecule has 4 nitrogen and oxygen atoms in total. The van der Waals surface area contributed by atoms with Crippen molar-refractivity contribution in [3.8, 4) is 0 Å². The third-order valence-electron chi connectivity index (χ3n) is 2.57. The van der Waals surface area contributed by atoms with E-state index in [4.69, 9.17) is 4.74 Å². The van der Waals surface area contributed by atoms with Crippen molar-refractivity contribution in [1.29, 1.82) is 0 Å². The third kappa shape index (κ3) is 4.47. The number of carbonyl (C=O) groups is 1. The fourth-order valence-electron chi connectivity index (χ4n) is 1.70. The number of hydrogen-bond donors (Lipinski definition) is 0. The van der Waals surface area contributed by atoms with E-state index in [0.29, 0.717) is 6.61 Å². The predicted molar refractivity (Wildman–Crippen MR) is 64.3 cm³/mol. The lowest BCUT2D eigenvalue weighted by Gasteiger charge is -2.27. The van der Waals surface area contributed by atoms with Gasteiger partial charge in [-0.3, -0.25) is 0 Å². The summed E-state index contributed by atoms with van der Waals surface area (Å²) in [6, 6.07) is 0. The number of amidine groups is 1. The van der Waals surface area contributed by atoms with Gasteiger partial charge in [-0.05, 0) is 33.1 Å². The molecule has 0 aromatic heterocycles. The van der Waals surface area contributed by atoms with Crippen LogP contribution in [0.3, 0.4) is 0 Å². The summed E-state index contributed by atoms with van der Waals surface area (Å²) in [5, 5.41) is 0. The van der Waals surface area contributed by atoms with Crippen molar-refractivity contribution in [3.63, 3.8) is 0 Å². The number of piperidine rings is 1. The molecule has 1 rings (SSSR count). The van der Waals surface area contributed by atoms with E-state index in [0.717, 1.165) is 18.9 Å². The molecule has 0 aliphatic carbocycles. The minimum Gasteiger partial charge on any atom is -0.463 e. The number of hydrogen-bond acceptors (Lipinski definition) is 3. The minimum atomic E-state index is -0.335. The van der Waals surface area contributed by atoms with E-state index in [1.54, 1.807) is 6.92 Å². The Bertz CT molecular complexity index is 279. The molecule has 16 heavy (non-hydrogen) atoms. The molecular weight excluding hydrogens is 204 g/mol. The first-order chi connectivity index (χ1) is 7.74. The standard InChI is InChI=1S/C12H20N2O2/c1-3-16-12(15)7-8-13-11(2)14-9-5-4-6-10-14/h7-8H,3-6,9-10H2,1-2H3/b8-7+,13-11?. The summed E-state index contributed by atoms with van der Waals surface area (Å²) in [5.41, 5.74) is 0. The molecule has 0 radical (unpaired) electrons. The molecule has 90 valence electrons. The molecule has 0 N–H and O–H groups in total. The van der Waals surface area contributed by atoms with Crippen LogP contribution in [0, 0.1) is 0 Å². The first kappa shape index (κ1) is 12.7. The SMILES string of the molecule is CCOC(=O)/C=C/N=C(C)N1CCCCC1. The summed E-state index contributed by atoms with van der Waals surface area (Å²) >= 11 is 0. The van der Waals surface area contributed by atoms with Crippen LogP contribution in [0.15, 0.2) is 17.3 Å². The monoisotopic (exact) mass is 224 g/mol. The normalized spacial score (nSPS) is 17.9. The molecule has 1 heterocycles. The van der Waals surface area contributed by atoms with Crippen LogP contribution in [0.5, 0.6) is 0 Å². The maximum atomic E-state index is 11.0. The van der Waals surface area contributed by atoms with Crippen molar-refractivity contribution >= 4 is 11.8 Å². The Balaban J connectivity index is 2.39. The molecule has 0 saturated carbocycles. The zero-order chi connectivity index (χ0) is 11.8. The van der Waals surface area contributed by atoms with E-state index in [1.165, 1.54) is 31.5 Å². The lowest BCUT2D eigenvalue weighted by molar-refractivity contribution is -0.137. The maximum absolute atomic E-state index is 11.0. The molecule has 4 heteroatoms. The van der Waals surface area contributed by atoms with Crippen LogP contribution in [0.4, 0.5) is 0 Å². The van der Waals surface area contributed by atoms with Crippen LogP contribution in [0.2, 0.25) is 0 Å². The number of esters is 1. The first-order valence-electron chi connectivity index (χ1n) is 5.86. The average molecular weight is 224 g/mol. The fourth-order valence-corrected chi connectivity index (χ4v) is 1.70. The van der Waals surface area contributed by atoms with Gasteiger partial charge in [0, 0.05) is 25.4 Å². The highest BCUT2D eigenvalue weighted by atomic mass is 16.5. The van der Waals surface area contributed by atoms with Gasteiger partial charge in [-0.1, -0.05) is 0 Å². The highest BCUT2D eigenvalue weighted by Gasteiger charge is 2.10. The molecule has 0 amide bonds. The molecule has 0 unspecified atom stereocenters. The second-order valence-electron chi connectivity index (χ2n) is 3.79. The van der Waals surface area contributed by atoms with Crippen molar-refractivity contribution in [3.05, 3.63) is 12.3 Å². The summed E-state index contributed by atoms with van der Waals surface area (Å²) in [6.45, 7) is 6.30. The van der Waals surface area contributed by atoms with Crippen molar-refractivity contribution < 1.29 is 9.53 Å². The van der Waals surface area contributed by atoms with Crippen LogP contribution in [0.1, 0.15) is 33.1 Å². The Morgan fingerprint density at radius 3 is 2.69 bits per heavy atom. The zero-order valence-electron chi connectivity index (χ0n) is 10.1. The zero-order valence-corrected chi connectivity index (χ0v) is 10.1. The number of likely N-dealkylation sites (tertiary alicyclic amines) is 1. The Morgan fingerprint density at radius 1 is 1.38 bits per heavy atom. The quantitative estimate of drug-likeness (QED) is 0.318. The van der Waals surface area contributed by atoms with Crippen molar-refractivity contribution in [2.24, 2.45) is 4.99 Å². The number of ether oxygens (including phenoxy) is 1. The van der Waals surface area contributed by atoms with Crippen molar-refractivity contribution in [2.75, 3.05) is 19.7 Å². The van der Waals surface area contributed by atoms with Gasteiger partial charge >= 0.3 is 5.97 Å². The largest absolute Gasteiger partial charge is 0.463 e. The maximum Gasteiger partial charge on any atom is 0.332 e. The van der Waals surface area contributed by atoms with Crippen LogP contribution < -0.4 is 0 Å². The van der Waals surface area contributed by atoms with Crippen LogP contribution in [-0.4, -0.2) is 36.4 Å². The molecule has 1 fully saturated rings. The van der Waals surface area contributed by atoms with Gasteiger partial charge in [-0.2, -0.15) is 0 Å². The smallest absolute Gasteiger partial charge is 0.332 e. The van der Waals surface area contributed by atoms with Gasteiger partial charge in [0.2, 0.25) is 0 Å². The molecule has 0 atom stereocenters. The molecule has 1 saturated heterocycles. The lowest BCUT2D eigenvalue weighted by atomic mass is 10.1. The van der Waals surface area contributed by atoms with Gasteiger partial charge in [0.1, 0.15) is 5.84 Å². The van der Waals surface area contributed by atoms with E-state index >= 15 is 0 Å². The van der Waals surface area contributed by atoms with Gasteiger partial charge in [0.05, 0.1) is 6.61 Å². The molecule has 0 bridgehead atoms. The summed E-state index contributed by atoms with van der Waals surface area (Å²) in [5.74, 6) is 0.637. The van der Waals surface area contributed by atoms with E-state index in [1.807, 2.05) is 6.92 Å². The van der Waals surface area contributed by atoms with Gasteiger partial charge < -0.3 is 9.64 Å². The summed E-state index contributed by atoms with van der Waals surface area (Å²) in [4.78, 5) is 17.5. The molecule has 0 aromatic carbocycles. The van der Waals surface area contributed by atoms with E-state index in [9.17, 15) is 4.79 Å². The summed E-state index contributed by atoms with van der Waals surface area (Å²) in [7, 11) is 0. The molecule has 1 aliphatic rings. The molecule has 1 aliphatic heterocycles. The van der Waals surface area contributed by atoms with Crippen LogP contribution in [-0.2, 0) is 9.53 Å². The number of rotatable bonds is 3. The predicted octanol–water partition coefficient (Wildman–Crippen LogP) is 1.97. The average Bonchev–Trinajstić information content (AvgIpc) is 2.30. The van der Waals surface area contributed by atoms with Crippen LogP contribution >= 0.6 is 0 Å². The Kier molecular flexibility index (Phi) is 5.61. The number of aliphatic imine (C=N–C) groups is 1. The summed E-state index contributed by atoms with van der Waals surface area (Å²) < 4.78 is 4.76. The molecule has 0 aromatic rings. The summed E-state index contributed by atoms with van der Waals surface area (Å²) in [6.07, 6.45) is 6.64. The molecule has 0 spiro atoms. The van der Waals surface area contributed by atoms with Crippen molar-refractivity contribution in [1.82, 2.24) is 4.90 Å². The van der Waals surface area contributed by atoms with Gasteiger partial charge in [0.15, 0.2) is 0 Å². The highest BCUT2D eigenvalue weighted by Crippen LogP contribution is 2.09. The number of carbonyl (C=O) groups excluding carboxylic acids is 1. The molecular formula is C12H20N2O2. The first-order valence-corrected chi connectivity index (χ1v) is 5.86. The Hall–Kier alpha value is -1.32. The highest BCUT2D eigenvalue weighted by molar-refractivity contribution is 5.84. The van der Waals surface area contributed by atoms with Crippen molar-refractivity contribution in [2.45, 2.75) is 33.1 Å². The van der Waals surface area contributed by atoms with E-state index in [-0.39, 0.29) is 5.97 Å². The van der Waals surface area contributed by atoms with Crippen LogP contribution in [0.25, 0.3) is 0 Å². The second-order valence-corrected chi connectivity index (χ2v) is 3.79. The number of nitrogens with zero attached hydrogens (tertiary/aromatic N) is 2. The third-order valence-corrected chi connectivity index (χ3v) is 2.57. The van der Waals surface area contributed by atoms with E-state index < -0.39 is 0 Å². The Morgan fingerprint density at radius 2 is 2.06 bits per heavy atom. The topological polar surface area (TPSA) is 41.9 Å².